The van der Waals surface area contributed by atoms with E-state index in [4.69, 9.17) is 16.3 Å². The van der Waals surface area contributed by atoms with Gasteiger partial charge in [0.15, 0.2) is 0 Å². The summed E-state index contributed by atoms with van der Waals surface area (Å²) in [6.07, 6.45) is -3.87. The minimum Gasteiger partial charge on any atom is -0.497 e. The normalized spacial score (nSPS) is 15.0. The summed E-state index contributed by atoms with van der Waals surface area (Å²) >= 11 is 5.63. The van der Waals surface area contributed by atoms with Crippen molar-refractivity contribution < 1.29 is 27.5 Å². The molecule has 0 spiro atoms. The van der Waals surface area contributed by atoms with Gasteiger partial charge in [0, 0.05) is 49.3 Å². The van der Waals surface area contributed by atoms with Crippen molar-refractivity contribution in [2.45, 2.75) is 38.4 Å². The number of amides is 2. The molecule has 1 unspecified atom stereocenters. The number of carbonyl (C=O) groups is 2. The van der Waals surface area contributed by atoms with Gasteiger partial charge >= 0.3 is 6.18 Å². The molecule has 1 atom stereocenters. The van der Waals surface area contributed by atoms with E-state index in [1.807, 2.05) is 12.1 Å². The molecule has 7 nitrogen and oxygen atoms in total. The van der Waals surface area contributed by atoms with Gasteiger partial charge in [-0.2, -0.15) is 13.2 Å². The van der Waals surface area contributed by atoms with E-state index in [1.165, 1.54) is 11.1 Å². The molecular formula is C28H29ClF3N3O4. The average molecular weight is 564 g/mol. The number of alkyl halides is 3. The number of hydrogen-bond donors (Lipinski definition) is 1. The molecule has 0 bridgehead atoms. The van der Waals surface area contributed by atoms with E-state index >= 15 is 0 Å². The van der Waals surface area contributed by atoms with Crippen molar-refractivity contribution >= 4 is 29.1 Å². The Morgan fingerprint density at radius 1 is 1.08 bits per heavy atom. The van der Waals surface area contributed by atoms with E-state index in [0.717, 1.165) is 10.1 Å². The second-order valence-corrected chi connectivity index (χ2v) is 9.41. The topological polar surface area (TPSA) is 80.6 Å². The summed E-state index contributed by atoms with van der Waals surface area (Å²) in [6.45, 7) is 1.52. The van der Waals surface area contributed by atoms with Gasteiger partial charge in [0.05, 0.1) is 13.5 Å². The molecule has 3 aromatic rings. The zero-order chi connectivity index (χ0) is 28.7. The molecule has 1 N–H and O–H groups in total. The predicted molar refractivity (Wildman–Crippen MR) is 144 cm³/mol. The number of aryl methyl sites for hydroxylation is 2. The van der Waals surface area contributed by atoms with Crippen LogP contribution in [0.5, 0.6) is 5.75 Å². The maximum absolute atomic E-state index is 12.8. The number of anilines is 1. The highest BCUT2D eigenvalue weighted by atomic mass is 35.5. The fourth-order valence-electron chi connectivity index (χ4n) is 4.17. The van der Waals surface area contributed by atoms with Crippen LogP contribution >= 0.6 is 11.6 Å². The first-order valence-corrected chi connectivity index (χ1v) is 12.5. The number of methoxy groups -OCH3 is 1. The number of ether oxygens (including phenoxy) is 1. The number of halogens is 4. The van der Waals surface area contributed by atoms with Crippen molar-refractivity contribution in [3.8, 4) is 5.75 Å². The highest BCUT2D eigenvalue weighted by Crippen LogP contribution is 2.32. The number of nitrogens with one attached hydrogen (secondary N) is 1. The first kappa shape index (κ1) is 29.8. The van der Waals surface area contributed by atoms with Gasteiger partial charge in [-0.3, -0.25) is 14.4 Å². The summed E-state index contributed by atoms with van der Waals surface area (Å²) in [5.74, 6) is 0.300. The molecule has 2 heterocycles. The number of aromatic nitrogens is 1. The molecule has 1 aliphatic rings. The number of carbonyl (C=O) groups excluding carboxylic acids is 2. The lowest BCUT2D eigenvalue weighted by Gasteiger charge is -2.20. The Balaban J connectivity index is 0.000000320. The van der Waals surface area contributed by atoms with Crippen LogP contribution in [0.4, 0.5) is 18.9 Å². The van der Waals surface area contributed by atoms with Crippen LogP contribution in [0.25, 0.3) is 0 Å². The summed E-state index contributed by atoms with van der Waals surface area (Å²) in [5, 5.41) is 3.16. The first-order valence-electron chi connectivity index (χ1n) is 12.1. The Morgan fingerprint density at radius 3 is 2.28 bits per heavy atom. The summed E-state index contributed by atoms with van der Waals surface area (Å²) in [4.78, 5) is 37.7. The van der Waals surface area contributed by atoms with E-state index in [-0.39, 0.29) is 29.8 Å². The van der Waals surface area contributed by atoms with Crippen LogP contribution in [0.2, 0.25) is 5.02 Å². The van der Waals surface area contributed by atoms with Crippen molar-refractivity contribution in [2.75, 3.05) is 25.6 Å². The van der Waals surface area contributed by atoms with Crippen LogP contribution in [-0.2, 0) is 11.3 Å². The molecule has 0 radical (unpaired) electrons. The van der Waals surface area contributed by atoms with Gasteiger partial charge in [0.2, 0.25) is 5.91 Å². The molecular weight excluding hydrogens is 535 g/mol. The third-order valence-electron chi connectivity index (χ3n) is 6.29. The van der Waals surface area contributed by atoms with E-state index in [9.17, 15) is 27.6 Å². The van der Waals surface area contributed by atoms with Gasteiger partial charge in [0.1, 0.15) is 11.4 Å². The lowest BCUT2D eigenvalue weighted by atomic mass is 9.98. The zero-order valence-electron chi connectivity index (χ0n) is 21.7. The van der Waals surface area contributed by atoms with Crippen LogP contribution in [0.1, 0.15) is 40.2 Å². The van der Waals surface area contributed by atoms with E-state index in [1.54, 1.807) is 63.5 Å². The highest BCUT2D eigenvalue weighted by Gasteiger charge is 2.34. The smallest absolute Gasteiger partial charge is 0.390 e. The van der Waals surface area contributed by atoms with Crippen molar-refractivity contribution in [1.82, 2.24) is 9.88 Å². The molecule has 1 aliphatic heterocycles. The molecule has 11 heteroatoms. The monoisotopic (exact) mass is 563 g/mol. The summed E-state index contributed by atoms with van der Waals surface area (Å²) in [6, 6.07) is 15.7. The van der Waals surface area contributed by atoms with E-state index in [2.05, 4.69) is 5.32 Å². The lowest BCUT2D eigenvalue weighted by Crippen LogP contribution is -2.34. The Kier molecular flexibility index (Phi) is 9.80. The quantitative estimate of drug-likeness (QED) is 0.439. The lowest BCUT2D eigenvalue weighted by molar-refractivity contribution is -0.136. The van der Waals surface area contributed by atoms with Gasteiger partial charge in [-0.1, -0.05) is 23.7 Å². The van der Waals surface area contributed by atoms with Crippen LogP contribution in [0, 0.1) is 6.92 Å². The van der Waals surface area contributed by atoms with E-state index in [0.29, 0.717) is 28.4 Å². The SMILES string of the molecule is CNC(=O)c1ccc(Cl)cc1.COc1ccc(C2CC(=O)N(c3c(C)ccn(CCC(F)(F)F)c3=O)C2)cc1. The number of nitrogens with zero attached hydrogens (tertiary/aromatic N) is 2. The Morgan fingerprint density at radius 2 is 1.72 bits per heavy atom. The van der Waals surface area contributed by atoms with Crippen LogP contribution in [-0.4, -0.2) is 43.3 Å². The van der Waals surface area contributed by atoms with Crippen molar-refractivity contribution in [1.29, 1.82) is 0 Å². The minimum absolute atomic E-state index is 0.0957. The zero-order valence-corrected chi connectivity index (χ0v) is 22.5. The maximum atomic E-state index is 12.8. The van der Waals surface area contributed by atoms with Gasteiger partial charge in [-0.25, -0.2) is 0 Å². The number of pyridine rings is 1. The van der Waals surface area contributed by atoms with Gasteiger partial charge in [-0.05, 0) is 60.5 Å². The fourth-order valence-corrected chi connectivity index (χ4v) is 4.30. The molecule has 1 fully saturated rings. The number of benzene rings is 2. The fraction of sp³-hybridized carbons (Fsp3) is 0.321. The van der Waals surface area contributed by atoms with Crippen molar-refractivity contribution in [3.05, 3.63) is 92.9 Å². The van der Waals surface area contributed by atoms with Crippen LogP contribution in [0.3, 0.4) is 0 Å². The van der Waals surface area contributed by atoms with Crippen molar-refractivity contribution in [2.24, 2.45) is 0 Å². The molecule has 0 aliphatic carbocycles. The Hall–Kier alpha value is -3.79. The third kappa shape index (κ3) is 7.86. The summed E-state index contributed by atoms with van der Waals surface area (Å²) in [5.41, 5.74) is 1.72. The van der Waals surface area contributed by atoms with E-state index < -0.39 is 24.7 Å². The molecule has 1 aromatic heterocycles. The molecule has 1 saturated heterocycles. The van der Waals surface area contributed by atoms with Gasteiger partial charge in [-0.15, -0.1) is 0 Å². The predicted octanol–water partition coefficient (Wildman–Crippen LogP) is 5.34. The first-order chi connectivity index (χ1) is 18.4. The molecule has 208 valence electrons. The van der Waals surface area contributed by atoms with Gasteiger partial charge in [0.25, 0.3) is 11.5 Å². The highest BCUT2D eigenvalue weighted by molar-refractivity contribution is 6.30. The van der Waals surface area contributed by atoms with Crippen molar-refractivity contribution in [3.63, 3.8) is 0 Å². The third-order valence-corrected chi connectivity index (χ3v) is 6.55. The molecule has 2 aromatic carbocycles. The second-order valence-electron chi connectivity index (χ2n) is 8.98. The number of hydrogen-bond acceptors (Lipinski definition) is 4. The average Bonchev–Trinajstić information content (AvgIpc) is 3.29. The summed E-state index contributed by atoms with van der Waals surface area (Å²) in [7, 11) is 3.16. The second kappa shape index (κ2) is 12.8. The molecule has 39 heavy (non-hydrogen) atoms. The Labute approximate surface area is 229 Å². The molecule has 2 amide bonds. The standard InChI is InChI=1S/C20H21F3N2O3.C8H8ClNO/c1-13-7-9-24(10-8-20(21,22)23)19(27)18(13)25-12-15(11-17(25)26)14-3-5-16(28-2)6-4-14;1-10-8(11)6-2-4-7(9)5-3-6/h3-7,9,15H,8,10-12H2,1-2H3;2-5H,1H3,(H,10,11). The van der Waals surface area contributed by atoms with Crippen LogP contribution < -0.4 is 20.5 Å². The van der Waals surface area contributed by atoms with Crippen LogP contribution in [0.15, 0.2) is 65.6 Å². The largest absolute Gasteiger partial charge is 0.497 e. The Bertz CT molecular complexity index is 1360. The molecule has 0 saturated carbocycles. The van der Waals surface area contributed by atoms with Gasteiger partial charge < -0.3 is 19.5 Å². The maximum Gasteiger partial charge on any atom is 0.390 e. The molecule has 4 rings (SSSR count). The summed E-state index contributed by atoms with van der Waals surface area (Å²) < 4.78 is 43.7. The number of rotatable bonds is 6. The minimum atomic E-state index is -4.35.